The van der Waals surface area contributed by atoms with E-state index in [4.69, 9.17) is 14.7 Å². The van der Waals surface area contributed by atoms with Crippen molar-refractivity contribution in [2.45, 2.75) is 39.0 Å². The molecule has 1 aliphatic rings. The van der Waals surface area contributed by atoms with E-state index < -0.39 is 10.1 Å². The summed E-state index contributed by atoms with van der Waals surface area (Å²) in [6.07, 6.45) is 5.87. The van der Waals surface area contributed by atoms with Crippen LogP contribution < -0.4 is 5.32 Å². The molecule has 1 aliphatic heterocycles. The molecular formula is C34H36N8O5S. The van der Waals surface area contributed by atoms with Gasteiger partial charge in [0.05, 0.1) is 41.8 Å². The number of para-hydroxylation sites is 2. The molecule has 6 heterocycles. The lowest BCUT2D eigenvalue weighted by Crippen LogP contribution is -2.42. The molecular weight excluding hydrogens is 632 g/mol. The first-order valence-electron chi connectivity index (χ1n) is 15.6. The number of aromatic nitrogens is 6. The van der Waals surface area contributed by atoms with Crippen LogP contribution in [-0.2, 0) is 32.2 Å². The summed E-state index contributed by atoms with van der Waals surface area (Å²) in [5, 5.41) is 5.55. The van der Waals surface area contributed by atoms with Gasteiger partial charge in [0.25, 0.3) is 10.1 Å². The number of amides is 1. The minimum atomic E-state index is -3.44. The van der Waals surface area contributed by atoms with Crippen LogP contribution in [0, 0.1) is 0 Å². The van der Waals surface area contributed by atoms with Gasteiger partial charge in [-0.3, -0.25) is 4.18 Å². The molecule has 0 saturated carbocycles. The lowest BCUT2D eigenvalue weighted by atomic mass is 10.1. The van der Waals surface area contributed by atoms with Crippen molar-refractivity contribution in [1.82, 2.24) is 34.4 Å². The third-order valence-electron chi connectivity index (χ3n) is 7.79. The minimum Gasteiger partial charge on any atom is -0.450 e. The van der Waals surface area contributed by atoms with Gasteiger partial charge in [-0.25, -0.2) is 29.7 Å². The topological polar surface area (TPSA) is 154 Å². The molecule has 0 radical (unpaired) electrons. The fourth-order valence-corrected chi connectivity index (χ4v) is 5.77. The molecule has 0 atom stereocenters. The van der Waals surface area contributed by atoms with Crippen molar-refractivity contribution >= 4 is 55.3 Å². The number of benzene rings is 1. The third kappa shape index (κ3) is 8.19. The second kappa shape index (κ2) is 14.7. The number of nitrogens with one attached hydrogen (secondary N) is 1. The predicted octanol–water partition coefficient (Wildman–Crippen LogP) is 5.17. The van der Waals surface area contributed by atoms with Gasteiger partial charge in [0.15, 0.2) is 11.3 Å². The summed E-state index contributed by atoms with van der Waals surface area (Å²) in [5.41, 5.74) is 4.79. The normalized spacial score (nSPS) is 13.8. The lowest BCUT2D eigenvalue weighted by Gasteiger charge is -2.31. The van der Waals surface area contributed by atoms with Crippen LogP contribution in [0.1, 0.15) is 31.2 Å². The van der Waals surface area contributed by atoms with E-state index in [0.29, 0.717) is 37.6 Å². The van der Waals surface area contributed by atoms with Gasteiger partial charge >= 0.3 is 6.09 Å². The van der Waals surface area contributed by atoms with Crippen molar-refractivity contribution < 1.29 is 22.1 Å². The smallest absolute Gasteiger partial charge is 0.409 e. The average Bonchev–Trinajstić information content (AvgIpc) is 3.43. The second-order valence-corrected chi connectivity index (χ2v) is 12.9. The number of hydrogen-bond donors (Lipinski definition) is 1. The summed E-state index contributed by atoms with van der Waals surface area (Å²) in [6.45, 7) is 4.11. The Kier molecular flexibility index (Phi) is 10.0. The van der Waals surface area contributed by atoms with Gasteiger partial charge in [-0.2, -0.15) is 8.42 Å². The molecule has 1 amide bonds. The molecule has 0 aliphatic carbocycles. The van der Waals surface area contributed by atoms with Crippen molar-refractivity contribution in [2.24, 2.45) is 0 Å². The SMILES string of the molecule is CCOC(=O)N1CCC(Nc2nc3ccccc3n2Cc2ccc3cccnc3n2)CC1.CS(=O)(=O)OCc1ccc2cccnc2n1. The van der Waals surface area contributed by atoms with E-state index in [1.165, 1.54) is 0 Å². The van der Waals surface area contributed by atoms with E-state index in [1.54, 1.807) is 23.4 Å². The van der Waals surface area contributed by atoms with Crippen LogP contribution in [0.2, 0.25) is 0 Å². The van der Waals surface area contributed by atoms with Crippen molar-refractivity contribution in [2.75, 3.05) is 31.3 Å². The first-order valence-corrected chi connectivity index (χ1v) is 17.5. The highest BCUT2D eigenvalue weighted by atomic mass is 32.2. The molecule has 1 saturated heterocycles. The molecule has 14 heteroatoms. The number of anilines is 1. The van der Waals surface area contributed by atoms with E-state index in [-0.39, 0.29) is 18.7 Å². The Labute approximate surface area is 278 Å². The van der Waals surface area contributed by atoms with E-state index in [1.807, 2.05) is 61.5 Å². The van der Waals surface area contributed by atoms with E-state index in [2.05, 4.69) is 41.2 Å². The van der Waals surface area contributed by atoms with Gasteiger partial charge in [0.1, 0.15) is 6.61 Å². The highest BCUT2D eigenvalue weighted by molar-refractivity contribution is 7.85. The minimum absolute atomic E-state index is 0.0641. The Morgan fingerprint density at radius 3 is 2.17 bits per heavy atom. The second-order valence-electron chi connectivity index (χ2n) is 11.3. The number of carbonyl (C=O) groups is 1. The zero-order chi connectivity index (χ0) is 33.5. The molecule has 0 bridgehead atoms. The summed E-state index contributed by atoms with van der Waals surface area (Å²) < 4.78 is 33.6. The standard InChI is InChI=1S/C24H26N6O2.C10H10N2O3S/c1-2-32-24(31)29-14-11-18(12-15-29)27-23-28-20-7-3-4-8-21(20)30(23)16-19-10-9-17-6-5-13-25-22(17)26-19;1-16(13,14)15-7-9-5-4-8-3-2-6-11-10(8)12-9/h3-10,13,18H,2,11-12,14-16H2,1H3,(H,27,28);2-6H,7H2,1H3. The molecule has 48 heavy (non-hydrogen) atoms. The monoisotopic (exact) mass is 668 g/mol. The Bertz CT molecular complexity index is 2150. The van der Waals surface area contributed by atoms with Crippen molar-refractivity contribution in [3.8, 4) is 0 Å². The molecule has 6 aromatic rings. The quantitative estimate of drug-likeness (QED) is 0.214. The third-order valence-corrected chi connectivity index (χ3v) is 8.34. The number of pyridine rings is 4. The molecule has 0 spiro atoms. The Balaban J connectivity index is 0.000000211. The van der Waals surface area contributed by atoms with Gasteiger partial charge in [0.2, 0.25) is 5.95 Å². The summed E-state index contributed by atoms with van der Waals surface area (Å²) in [5.74, 6) is 0.823. The maximum absolute atomic E-state index is 12.0. The molecule has 1 N–H and O–H groups in total. The summed E-state index contributed by atoms with van der Waals surface area (Å²) in [7, 11) is -3.44. The van der Waals surface area contributed by atoms with Crippen LogP contribution in [0.4, 0.5) is 10.7 Å². The summed E-state index contributed by atoms with van der Waals surface area (Å²) >= 11 is 0. The van der Waals surface area contributed by atoms with Crippen molar-refractivity contribution in [3.63, 3.8) is 0 Å². The van der Waals surface area contributed by atoms with Crippen LogP contribution in [0.5, 0.6) is 0 Å². The van der Waals surface area contributed by atoms with Gasteiger partial charge in [-0.1, -0.05) is 12.1 Å². The predicted molar refractivity (Wildman–Crippen MR) is 183 cm³/mol. The van der Waals surface area contributed by atoms with Crippen LogP contribution in [0.15, 0.2) is 85.2 Å². The van der Waals surface area contributed by atoms with Crippen LogP contribution in [0.3, 0.4) is 0 Å². The van der Waals surface area contributed by atoms with Gasteiger partial charge in [0, 0.05) is 42.3 Å². The summed E-state index contributed by atoms with van der Waals surface area (Å²) in [4.78, 5) is 36.0. The maximum Gasteiger partial charge on any atom is 0.409 e. The molecule has 13 nitrogen and oxygen atoms in total. The number of ether oxygens (including phenoxy) is 1. The molecule has 1 fully saturated rings. The number of likely N-dealkylation sites (tertiary alicyclic amines) is 1. The van der Waals surface area contributed by atoms with Crippen molar-refractivity contribution in [3.05, 3.63) is 96.6 Å². The van der Waals surface area contributed by atoms with Gasteiger partial charge in [-0.05, 0) is 80.4 Å². The number of fused-ring (bicyclic) bond motifs is 3. The Morgan fingerprint density at radius 2 is 1.50 bits per heavy atom. The average molecular weight is 669 g/mol. The summed E-state index contributed by atoms with van der Waals surface area (Å²) in [6, 6.07) is 23.6. The lowest BCUT2D eigenvalue weighted by molar-refractivity contribution is 0.0983. The molecule has 5 aromatic heterocycles. The van der Waals surface area contributed by atoms with Crippen LogP contribution >= 0.6 is 0 Å². The number of piperidine rings is 1. The molecule has 1 aromatic carbocycles. The Morgan fingerprint density at radius 1 is 0.854 bits per heavy atom. The van der Waals surface area contributed by atoms with E-state index >= 15 is 0 Å². The molecule has 0 unspecified atom stereocenters. The highest BCUT2D eigenvalue weighted by Gasteiger charge is 2.25. The van der Waals surface area contributed by atoms with Crippen molar-refractivity contribution in [1.29, 1.82) is 0 Å². The molecule has 7 rings (SSSR count). The number of carbonyl (C=O) groups excluding carboxylic acids is 1. The van der Waals surface area contributed by atoms with Crippen LogP contribution in [0.25, 0.3) is 33.1 Å². The first-order chi connectivity index (χ1) is 23.3. The van der Waals surface area contributed by atoms with E-state index in [9.17, 15) is 13.2 Å². The number of nitrogens with zero attached hydrogens (tertiary/aromatic N) is 7. The number of imidazole rings is 1. The zero-order valence-electron chi connectivity index (χ0n) is 26.7. The maximum atomic E-state index is 12.0. The van der Waals surface area contributed by atoms with Gasteiger partial charge in [-0.15, -0.1) is 0 Å². The molecule has 248 valence electrons. The van der Waals surface area contributed by atoms with Crippen LogP contribution in [-0.4, -0.2) is 80.9 Å². The first kappa shape index (κ1) is 32.7. The van der Waals surface area contributed by atoms with E-state index in [0.717, 1.165) is 58.2 Å². The number of rotatable bonds is 8. The zero-order valence-corrected chi connectivity index (χ0v) is 27.5. The fourth-order valence-electron chi connectivity index (χ4n) is 5.43. The Hall–Kier alpha value is -5.21. The van der Waals surface area contributed by atoms with Gasteiger partial charge < -0.3 is 19.5 Å². The number of hydrogen-bond acceptors (Lipinski definition) is 11. The fraction of sp³-hybridized carbons (Fsp3) is 0.294. The largest absolute Gasteiger partial charge is 0.450 e. The highest BCUT2D eigenvalue weighted by Crippen LogP contribution is 2.24.